The predicted molar refractivity (Wildman–Crippen MR) is 150 cm³/mol. The zero-order valence-electron chi connectivity index (χ0n) is 21.3. The smallest absolute Gasteiger partial charge is 0.326 e. The molecule has 0 aliphatic carbocycles. The second-order valence-electron chi connectivity index (χ2n) is 8.99. The molecule has 0 radical (unpaired) electrons. The molecule has 38 heavy (non-hydrogen) atoms. The molecule has 4 rings (SSSR count). The molecule has 2 aromatic carbocycles. The van der Waals surface area contributed by atoms with E-state index in [2.05, 4.69) is 4.57 Å². The number of carbonyl (C=O) groups excluding carboxylic acids is 3. The summed E-state index contributed by atoms with van der Waals surface area (Å²) in [4.78, 5) is 38.4. The Balaban J connectivity index is 1.49. The highest BCUT2D eigenvalue weighted by atomic mass is 35.5. The molecule has 1 fully saturated rings. The molecular weight excluding hydrogens is 547 g/mol. The summed E-state index contributed by atoms with van der Waals surface area (Å²) in [5.74, 6) is -0.440. The van der Waals surface area contributed by atoms with E-state index in [4.69, 9.17) is 32.7 Å². The van der Waals surface area contributed by atoms with Crippen molar-refractivity contribution in [3.63, 3.8) is 0 Å². The summed E-state index contributed by atoms with van der Waals surface area (Å²) in [6.45, 7) is 7.23. The first-order chi connectivity index (χ1) is 18.0. The number of hydrogen-bond donors (Lipinski definition) is 0. The molecule has 2 amide bonds. The maximum absolute atomic E-state index is 12.8. The third kappa shape index (κ3) is 6.26. The SMILES string of the molecule is Cc1cc(/C=C2/SC(=O)N(CC(=O)OC(C)C)C2=O)c(C)n1-c1ccc(OCc2ccc(Cl)cc2Cl)cc1. The van der Waals surface area contributed by atoms with Gasteiger partial charge in [0, 0.05) is 32.7 Å². The molecular formula is C28H26Cl2N2O5S. The summed E-state index contributed by atoms with van der Waals surface area (Å²) < 4.78 is 13.0. The topological polar surface area (TPSA) is 77.8 Å². The fourth-order valence-electron chi connectivity index (χ4n) is 4.03. The van der Waals surface area contributed by atoms with E-state index in [0.29, 0.717) is 22.4 Å². The Morgan fingerprint density at radius 1 is 1.05 bits per heavy atom. The molecule has 0 saturated carbocycles. The average molecular weight is 573 g/mol. The van der Waals surface area contributed by atoms with E-state index in [0.717, 1.165) is 44.9 Å². The van der Waals surface area contributed by atoms with Crippen LogP contribution in [-0.4, -0.2) is 39.2 Å². The first kappa shape index (κ1) is 27.8. The summed E-state index contributed by atoms with van der Waals surface area (Å²) in [6.07, 6.45) is 1.36. The van der Waals surface area contributed by atoms with Crippen molar-refractivity contribution in [2.24, 2.45) is 0 Å². The molecule has 1 aromatic heterocycles. The molecule has 1 aliphatic rings. The number of esters is 1. The van der Waals surface area contributed by atoms with E-state index in [1.165, 1.54) is 0 Å². The van der Waals surface area contributed by atoms with E-state index in [1.54, 1.807) is 32.1 Å². The molecule has 2 heterocycles. The van der Waals surface area contributed by atoms with Gasteiger partial charge in [-0.1, -0.05) is 29.3 Å². The molecule has 0 atom stereocenters. The van der Waals surface area contributed by atoms with Gasteiger partial charge in [0.1, 0.15) is 18.9 Å². The van der Waals surface area contributed by atoms with Gasteiger partial charge in [-0.25, -0.2) is 0 Å². The normalized spacial score (nSPS) is 14.6. The van der Waals surface area contributed by atoms with Crippen LogP contribution in [0.5, 0.6) is 5.75 Å². The highest BCUT2D eigenvalue weighted by Crippen LogP contribution is 2.34. The van der Waals surface area contributed by atoms with Crippen LogP contribution in [0.1, 0.15) is 36.4 Å². The quantitative estimate of drug-likeness (QED) is 0.214. The lowest BCUT2D eigenvalue weighted by atomic mass is 10.2. The van der Waals surface area contributed by atoms with Crippen molar-refractivity contribution in [3.8, 4) is 11.4 Å². The Labute approximate surface area is 235 Å². The van der Waals surface area contributed by atoms with Crippen molar-refractivity contribution in [2.75, 3.05) is 6.54 Å². The molecule has 3 aromatic rings. The second kappa shape index (κ2) is 11.7. The van der Waals surface area contributed by atoms with Crippen molar-refractivity contribution in [1.82, 2.24) is 9.47 Å². The van der Waals surface area contributed by atoms with Gasteiger partial charge in [0.15, 0.2) is 0 Å². The molecule has 0 bridgehead atoms. The van der Waals surface area contributed by atoms with Crippen LogP contribution >= 0.6 is 35.0 Å². The van der Waals surface area contributed by atoms with Gasteiger partial charge in [-0.3, -0.25) is 19.3 Å². The lowest BCUT2D eigenvalue weighted by Crippen LogP contribution is -2.35. The third-order valence-corrected chi connectivity index (χ3v) is 7.28. The highest BCUT2D eigenvalue weighted by Gasteiger charge is 2.37. The van der Waals surface area contributed by atoms with Crippen molar-refractivity contribution >= 4 is 58.2 Å². The number of aryl methyl sites for hydroxylation is 1. The van der Waals surface area contributed by atoms with E-state index in [1.807, 2.05) is 50.2 Å². The van der Waals surface area contributed by atoms with E-state index >= 15 is 0 Å². The van der Waals surface area contributed by atoms with E-state index < -0.39 is 23.7 Å². The van der Waals surface area contributed by atoms with Gasteiger partial charge in [0.2, 0.25) is 0 Å². The molecule has 1 aliphatic heterocycles. The summed E-state index contributed by atoms with van der Waals surface area (Å²) >= 11 is 13.0. The van der Waals surface area contributed by atoms with Crippen LogP contribution < -0.4 is 4.74 Å². The molecule has 1 saturated heterocycles. The molecule has 10 heteroatoms. The van der Waals surface area contributed by atoms with E-state index in [-0.39, 0.29) is 11.0 Å². The largest absolute Gasteiger partial charge is 0.489 e. The Bertz CT molecular complexity index is 1430. The number of halogens is 2. The van der Waals surface area contributed by atoms with Crippen molar-refractivity contribution in [3.05, 3.63) is 86.0 Å². The van der Waals surface area contributed by atoms with Gasteiger partial charge in [-0.2, -0.15) is 0 Å². The van der Waals surface area contributed by atoms with Crippen molar-refractivity contribution < 1.29 is 23.9 Å². The Morgan fingerprint density at radius 2 is 1.76 bits per heavy atom. The predicted octanol–water partition coefficient (Wildman–Crippen LogP) is 6.97. The van der Waals surface area contributed by atoms with Crippen LogP contribution in [0.3, 0.4) is 0 Å². The lowest BCUT2D eigenvalue weighted by Gasteiger charge is -2.13. The fraction of sp³-hybridized carbons (Fsp3) is 0.250. The first-order valence-electron chi connectivity index (χ1n) is 11.8. The van der Waals surface area contributed by atoms with Crippen LogP contribution in [0.4, 0.5) is 4.79 Å². The first-order valence-corrected chi connectivity index (χ1v) is 13.4. The molecule has 7 nitrogen and oxygen atoms in total. The summed E-state index contributed by atoms with van der Waals surface area (Å²) in [5.41, 5.74) is 4.41. The van der Waals surface area contributed by atoms with Crippen molar-refractivity contribution in [1.29, 1.82) is 0 Å². The maximum atomic E-state index is 12.8. The van der Waals surface area contributed by atoms with Gasteiger partial charge in [-0.15, -0.1) is 0 Å². The number of rotatable bonds is 8. The number of ether oxygens (including phenoxy) is 2. The Kier molecular flexibility index (Phi) is 8.55. The lowest BCUT2D eigenvalue weighted by molar-refractivity contribution is -0.149. The molecule has 198 valence electrons. The monoisotopic (exact) mass is 572 g/mol. The zero-order chi connectivity index (χ0) is 27.6. The number of amides is 2. The van der Waals surface area contributed by atoms with Crippen LogP contribution in [-0.2, 0) is 20.9 Å². The summed E-state index contributed by atoms with van der Waals surface area (Å²) in [6, 6.07) is 14.9. The van der Waals surface area contributed by atoms with Gasteiger partial charge in [0.25, 0.3) is 11.1 Å². The van der Waals surface area contributed by atoms with Crippen molar-refractivity contribution in [2.45, 2.75) is 40.4 Å². The number of imide groups is 1. The number of nitrogens with zero attached hydrogens (tertiary/aromatic N) is 2. The average Bonchev–Trinajstić information content (AvgIpc) is 3.27. The minimum absolute atomic E-state index is 0.261. The summed E-state index contributed by atoms with van der Waals surface area (Å²) in [7, 11) is 0. The number of aromatic nitrogens is 1. The fourth-order valence-corrected chi connectivity index (χ4v) is 5.32. The Hall–Kier alpha value is -3.20. The van der Waals surface area contributed by atoms with Crippen LogP contribution in [0.2, 0.25) is 10.0 Å². The second-order valence-corrected chi connectivity index (χ2v) is 10.8. The van der Waals surface area contributed by atoms with Gasteiger partial charge < -0.3 is 14.0 Å². The van der Waals surface area contributed by atoms with Crippen LogP contribution in [0.15, 0.2) is 53.4 Å². The number of thioether (sulfide) groups is 1. The van der Waals surface area contributed by atoms with Crippen LogP contribution in [0.25, 0.3) is 11.8 Å². The number of carbonyl (C=O) groups is 3. The number of hydrogen-bond acceptors (Lipinski definition) is 6. The molecule has 0 spiro atoms. The minimum atomic E-state index is -0.620. The highest BCUT2D eigenvalue weighted by molar-refractivity contribution is 8.18. The zero-order valence-corrected chi connectivity index (χ0v) is 23.6. The maximum Gasteiger partial charge on any atom is 0.326 e. The van der Waals surface area contributed by atoms with Gasteiger partial charge in [-0.05, 0) is 93.6 Å². The minimum Gasteiger partial charge on any atom is -0.489 e. The Morgan fingerprint density at radius 3 is 2.42 bits per heavy atom. The number of benzene rings is 2. The van der Waals surface area contributed by atoms with E-state index in [9.17, 15) is 14.4 Å². The molecule has 0 unspecified atom stereocenters. The standard InChI is InChI=1S/C28H26Cl2N2O5S/c1-16(2)37-26(33)14-31-27(34)25(38-28(31)35)12-20-11-17(3)32(18(20)4)22-7-9-23(10-8-22)36-15-19-5-6-21(29)13-24(19)30/h5-13,16H,14-15H2,1-4H3/b25-12+. The van der Waals surface area contributed by atoms with Gasteiger partial charge >= 0.3 is 5.97 Å². The summed E-state index contributed by atoms with van der Waals surface area (Å²) in [5, 5.41) is 0.626. The molecule has 0 N–H and O–H groups in total. The third-order valence-electron chi connectivity index (χ3n) is 5.79. The van der Waals surface area contributed by atoms with Gasteiger partial charge in [0.05, 0.1) is 11.0 Å². The van der Waals surface area contributed by atoms with Crippen LogP contribution in [0, 0.1) is 13.8 Å².